The number of hydrogen-bond acceptors (Lipinski definition) is 5. The second-order valence-corrected chi connectivity index (χ2v) is 11.4. The van der Waals surface area contributed by atoms with E-state index in [0.717, 1.165) is 73.7 Å². The van der Waals surface area contributed by atoms with Crippen LogP contribution in [0, 0.1) is 0 Å². The van der Waals surface area contributed by atoms with E-state index in [1.807, 2.05) is 66.7 Å². The van der Waals surface area contributed by atoms with Crippen LogP contribution >= 0.6 is 0 Å². The molecule has 0 aliphatic heterocycles. The molecule has 0 radical (unpaired) electrons. The summed E-state index contributed by atoms with van der Waals surface area (Å²) in [6.07, 6.45) is 8.49. The molecule has 46 heavy (non-hydrogen) atoms. The van der Waals surface area contributed by atoms with Crippen LogP contribution in [0.3, 0.4) is 0 Å². The van der Waals surface area contributed by atoms with Crippen molar-refractivity contribution in [3.05, 3.63) is 145 Å². The summed E-state index contributed by atoms with van der Waals surface area (Å²) in [5, 5.41) is 2.25. The number of fused-ring (bicyclic) bond motifs is 5. The molecule has 3 heterocycles. The van der Waals surface area contributed by atoms with Crippen molar-refractivity contribution in [3.8, 4) is 39.9 Å². The summed E-state index contributed by atoms with van der Waals surface area (Å²) < 4.78 is 8.81. The van der Waals surface area contributed by atoms with Gasteiger partial charge in [0, 0.05) is 38.7 Å². The minimum atomic E-state index is 0.603. The van der Waals surface area contributed by atoms with Gasteiger partial charge in [-0.2, -0.15) is 0 Å². The number of nitrogens with zero attached hydrogens (tertiary/aromatic N) is 5. The van der Waals surface area contributed by atoms with Crippen LogP contribution in [0.5, 0.6) is 0 Å². The second-order valence-electron chi connectivity index (χ2n) is 11.4. The van der Waals surface area contributed by atoms with Crippen LogP contribution in [-0.2, 0) is 0 Å². The molecular formula is C40H27N5O. The van der Waals surface area contributed by atoms with Crippen LogP contribution in [0.25, 0.3) is 78.4 Å². The monoisotopic (exact) mass is 593 g/mol. The molecular weight excluding hydrogens is 566 g/mol. The number of rotatable bonds is 5. The molecule has 0 amide bonds. The molecule has 9 rings (SSSR count). The van der Waals surface area contributed by atoms with E-state index in [0.29, 0.717) is 23.4 Å². The highest BCUT2D eigenvalue weighted by Gasteiger charge is 2.20. The normalized spacial score (nSPS) is 13.1. The van der Waals surface area contributed by atoms with Crippen molar-refractivity contribution in [3.63, 3.8) is 0 Å². The zero-order chi connectivity index (χ0) is 30.5. The van der Waals surface area contributed by atoms with E-state index in [4.69, 9.17) is 24.4 Å². The summed E-state index contributed by atoms with van der Waals surface area (Å²) in [5.74, 6) is 2.56. The Balaban J connectivity index is 1.26. The van der Waals surface area contributed by atoms with Crippen molar-refractivity contribution in [2.45, 2.75) is 12.8 Å². The third-order valence-corrected chi connectivity index (χ3v) is 8.49. The average molecular weight is 594 g/mol. The smallest absolute Gasteiger partial charge is 0.227 e. The van der Waals surface area contributed by atoms with Gasteiger partial charge in [0.2, 0.25) is 5.89 Å². The standard InChI is InChI=1S/C40H27N5O/c1-4-13-26(14-5-1)37-42-38(27-15-6-2-7-16-27)44-39(43-37)29-19-12-20-30(25-29)45-34-22-11-10-21-31(34)32-23-24-33-36(35(32)45)46-40(41-33)28-17-8-3-9-18-28/h1,3-6,8-25H,2,7H2. The third-order valence-electron chi connectivity index (χ3n) is 8.49. The first-order valence-corrected chi connectivity index (χ1v) is 15.5. The van der Waals surface area contributed by atoms with Gasteiger partial charge in [-0.25, -0.2) is 19.9 Å². The molecule has 5 aromatic carbocycles. The van der Waals surface area contributed by atoms with Gasteiger partial charge in [0.05, 0.1) is 11.0 Å². The molecule has 8 aromatic rings. The average Bonchev–Trinajstić information content (AvgIpc) is 3.72. The summed E-state index contributed by atoms with van der Waals surface area (Å²) in [4.78, 5) is 19.8. The molecule has 218 valence electrons. The topological polar surface area (TPSA) is 69.6 Å². The third kappa shape index (κ3) is 4.42. The summed E-state index contributed by atoms with van der Waals surface area (Å²) in [6.45, 7) is 0. The molecule has 6 heteroatoms. The highest BCUT2D eigenvalue weighted by molar-refractivity contribution is 6.16. The first kappa shape index (κ1) is 26.3. The number of benzene rings is 5. The van der Waals surface area contributed by atoms with E-state index in [2.05, 4.69) is 77.4 Å². The fourth-order valence-corrected chi connectivity index (χ4v) is 6.32. The molecule has 0 bridgehead atoms. The molecule has 0 fully saturated rings. The van der Waals surface area contributed by atoms with Gasteiger partial charge in [-0.05, 0) is 55.3 Å². The summed E-state index contributed by atoms with van der Waals surface area (Å²) in [6, 6.07) is 41.2. The highest BCUT2D eigenvalue weighted by Crippen LogP contribution is 2.38. The maximum atomic E-state index is 6.54. The Bertz CT molecular complexity index is 2470. The van der Waals surface area contributed by atoms with Gasteiger partial charge in [0.1, 0.15) is 5.52 Å². The Hall–Kier alpha value is -6.14. The fraction of sp³-hybridized carbons (Fsp3) is 0.0500. The van der Waals surface area contributed by atoms with Crippen molar-refractivity contribution in [1.29, 1.82) is 0 Å². The Morgan fingerprint density at radius 1 is 0.565 bits per heavy atom. The molecule has 1 aliphatic carbocycles. The number of allylic oxidation sites excluding steroid dienone is 4. The minimum Gasteiger partial charge on any atom is -0.434 e. The largest absolute Gasteiger partial charge is 0.434 e. The first-order chi connectivity index (χ1) is 22.8. The lowest BCUT2D eigenvalue weighted by molar-refractivity contribution is 0.622. The zero-order valence-electron chi connectivity index (χ0n) is 24.8. The van der Waals surface area contributed by atoms with Crippen LogP contribution in [0.2, 0.25) is 0 Å². The van der Waals surface area contributed by atoms with E-state index >= 15 is 0 Å². The molecule has 1 aliphatic rings. The number of hydrogen-bond donors (Lipinski definition) is 0. The Morgan fingerprint density at radius 2 is 1.28 bits per heavy atom. The van der Waals surface area contributed by atoms with Crippen LogP contribution in [-0.4, -0.2) is 24.5 Å². The predicted octanol–water partition coefficient (Wildman–Crippen LogP) is 9.84. The van der Waals surface area contributed by atoms with Crippen LogP contribution in [0.4, 0.5) is 0 Å². The Kier molecular flexibility index (Phi) is 6.16. The molecule has 0 saturated heterocycles. The number of aromatic nitrogens is 5. The zero-order valence-corrected chi connectivity index (χ0v) is 24.8. The lowest BCUT2D eigenvalue weighted by Gasteiger charge is -2.12. The van der Waals surface area contributed by atoms with Crippen LogP contribution in [0.1, 0.15) is 18.7 Å². The second kappa shape index (κ2) is 10.8. The minimum absolute atomic E-state index is 0.603. The van der Waals surface area contributed by atoms with E-state index in [-0.39, 0.29) is 0 Å². The molecule has 3 aromatic heterocycles. The molecule has 0 unspecified atom stereocenters. The summed E-state index contributed by atoms with van der Waals surface area (Å²) in [5.41, 5.74) is 8.43. The van der Waals surface area contributed by atoms with Crippen LogP contribution in [0.15, 0.2) is 144 Å². The Morgan fingerprint density at radius 3 is 2.09 bits per heavy atom. The van der Waals surface area contributed by atoms with E-state index in [1.165, 1.54) is 0 Å². The summed E-state index contributed by atoms with van der Waals surface area (Å²) in [7, 11) is 0. The van der Waals surface area contributed by atoms with E-state index in [1.54, 1.807) is 0 Å². The molecule has 0 N–H and O–H groups in total. The predicted molar refractivity (Wildman–Crippen MR) is 184 cm³/mol. The molecule has 6 nitrogen and oxygen atoms in total. The van der Waals surface area contributed by atoms with Gasteiger partial charge in [-0.15, -0.1) is 0 Å². The summed E-state index contributed by atoms with van der Waals surface area (Å²) >= 11 is 0. The van der Waals surface area contributed by atoms with E-state index < -0.39 is 0 Å². The van der Waals surface area contributed by atoms with Crippen molar-refractivity contribution in [2.24, 2.45) is 0 Å². The van der Waals surface area contributed by atoms with Crippen molar-refractivity contribution in [2.75, 3.05) is 0 Å². The van der Waals surface area contributed by atoms with Crippen molar-refractivity contribution < 1.29 is 4.42 Å². The number of para-hydroxylation sites is 1. The molecule has 0 saturated carbocycles. The van der Waals surface area contributed by atoms with Gasteiger partial charge >= 0.3 is 0 Å². The van der Waals surface area contributed by atoms with Crippen molar-refractivity contribution >= 4 is 38.5 Å². The maximum absolute atomic E-state index is 6.54. The quantitative estimate of drug-likeness (QED) is 0.199. The first-order valence-electron chi connectivity index (χ1n) is 15.5. The van der Waals surface area contributed by atoms with Gasteiger partial charge in [-0.3, -0.25) is 0 Å². The fourth-order valence-electron chi connectivity index (χ4n) is 6.32. The highest BCUT2D eigenvalue weighted by atomic mass is 16.3. The lowest BCUT2D eigenvalue weighted by Crippen LogP contribution is -2.03. The molecule has 0 atom stereocenters. The van der Waals surface area contributed by atoms with Gasteiger partial charge in [0.15, 0.2) is 23.1 Å². The van der Waals surface area contributed by atoms with E-state index in [9.17, 15) is 0 Å². The van der Waals surface area contributed by atoms with Crippen molar-refractivity contribution in [1.82, 2.24) is 24.5 Å². The van der Waals surface area contributed by atoms with Gasteiger partial charge in [0.25, 0.3) is 0 Å². The van der Waals surface area contributed by atoms with Crippen LogP contribution < -0.4 is 0 Å². The van der Waals surface area contributed by atoms with Gasteiger partial charge in [-0.1, -0.05) is 97.1 Å². The maximum Gasteiger partial charge on any atom is 0.227 e. The Labute approximate surface area is 265 Å². The lowest BCUT2D eigenvalue weighted by atomic mass is 10.1. The molecule has 0 spiro atoms. The SMILES string of the molecule is C1=CC(c2nc(-c3ccccc3)nc(-c3cccc(-n4c5ccccc5c5ccc6nc(-c7ccccc7)oc6c54)c3)n2)=CCC1. The van der Waals surface area contributed by atoms with Gasteiger partial charge < -0.3 is 8.98 Å². The number of oxazole rings is 1.